The molecule has 2 atom stereocenters. The third-order valence-corrected chi connectivity index (χ3v) is 5.14. The maximum Gasteiger partial charge on any atom is 0.339 e. The van der Waals surface area contributed by atoms with Crippen LogP contribution in [0.5, 0.6) is 0 Å². The highest BCUT2D eigenvalue weighted by Crippen LogP contribution is 2.50. The predicted octanol–water partition coefficient (Wildman–Crippen LogP) is 3.47. The average Bonchev–Trinajstić information content (AvgIpc) is 2.83. The topological polar surface area (TPSA) is 78.8 Å². The van der Waals surface area contributed by atoms with Gasteiger partial charge in [0.25, 0.3) is 0 Å². The smallest absolute Gasteiger partial charge is 0.339 e. The molecule has 5 nitrogen and oxygen atoms in total. The molecule has 0 radical (unpaired) electrons. The Kier molecular flexibility index (Phi) is 5.23. The molecular weight excluding hydrogens is 389 g/mol. The van der Waals surface area contributed by atoms with Crippen molar-refractivity contribution in [2.75, 3.05) is 6.61 Å². The lowest BCUT2D eigenvalue weighted by Gasteiger charge is -2.40. The normalized spacial score (nSPS) is 24.7. The number of nitrogens with one attached hydrogen (secondary N) is 1. The van der Waals surface area contributed by atoms with Crippen LogP contribution in [0.4, 0.5) is 0 Å². The quantitative estimate of drug-likeness (QED) is 0.676. The number of benzene rings is 2. The summed E-state index contributed by atoms with van der Waals surface area (Å²) < 4.78 is 5.13. The summed E-state index contributed by atoms with van der Waals surface area (Å²) in [5.41, 5.74) is -3.26. The fourth-order valence-corrected chi connectivity index (χ4v) is 3.65. The number of rotatable bonds is 4. The van der Waals surface area contributed by atoms with Gasteiger partial charge in [0.05, 0.1) is 12.2 Å². The van der Waals surface area contributed by atoms with E-state index in [9.17, 15) is 15.0 Å². The van der Waals surface area contributed by atoms with Crippen LogP contribution in [0.25, 0.3) is 0 Å². The van der Waals surface area contributed by atoms with Crippen LogP contribution in [0, 0.1) is 0 Å². The molecule has 0 saturated heterocycles. The van der Waals surface area contributed by atoms with E-state index in [4.69, 9.17) is 27.9 Å². The lowest BCUT2D eigenvalue weighted by molar-refractivity contribution is -0.160. The van der Waals surface area contributed by atoms with E-state index in [-0.39, 0.29) is 17.7 Å². The fraction of sp³-hybridized carbons (Fsp3) is 0.250. The molecule has 0 aliphatic carbocycles. The molecule has 142 valence electrons. The lowest BCUT2D eigenvalue weighted by atomic mass is 9.76. The van der Waals surface area contributed by atoms with Crippen molar-refractivity contribution in [3.8, 4) is 0 Å². The van der Waals surface area contributed by atoms with Gasteiger partial charge in [0, 0.05) is 21.3 Å². The van der Waals surface area contributed by atoms with E-state index in [2.05, 4.69) is 5.32 Å². The maximum absolute atomic E-state index is 12.6. The molecule has 0 saturated carbocycles. The van der Waals surface area contributed by atoms with Crippen molar-refractivity contribution in [3.63, 3.8) is 0 Å². The van der Waals surface area contributed by atoms with E-state index in [1.54, 1.807) is 62.4 Å². The molecule has 2 aromatic rings. The van der Waals surface area contributed by atoms with Gasteiger partial charge in [-0.25, -0.2) is 4.79 Å². The summed E-state index contributed by atoms with van der Waals surface area (Å²) in [7, 11) is 0. The zero-order chi connectivity index (χ0) is 19.8. The minimum atomic E-state index is -2.11. The van der Waals surface area contributed by atoms with E-state index < -0.39 is 17.3 Å². The van der Waals surface area contributed by atoms with Crippen LogP contribution in [0.15, 0.2) is 59.8 Å². The summed E-state index contributed by atoms with van der Waals surface area (Å²) in [6.45, 7) is 3.40. The number of halogens is 2. The number of esters is 1. The van der Waals surface area contributed by atoms with Gasteiger partial charge in [-0.05, 0) is 43.7 Å². The Hall–Kier alpha value is -2.05. The molecule has 7 heteroatoms. The van der Waals surface area contributed by atoms with Gasteiger partial charge in [0.2, 0.25) is 5.72 Å². The first kappa shape index (κ1) is 19.7. The predicted molar refractivity (Wildman–Crippen MR) is 103 cm³/mol. The van der Waals surface area contributed by atoms with Crippen molar-refractivity contribution in [1.29, 1.82) is 0 Å². The molecule has 1 heterocycles. The Bertz CT molecular complexity index is 895. The Morgan fingerprint density at radius 2 is 1.48 bits per heavy atom. The first-order valence-corrected chi connectivity index (χ1v) is 9.13. The SMILES string of the molecule is CCOC(=O)C1=C(C)N[C@](O)(c2ccc(Cl)cc2)[C@@]1(O)c1ccc(Cl)cc1. The van der Waals surface area contributed by atoms with Crippen molar-refractivity contribution in [2.45, 2.75) is 25.2 Å². The van der Waals surface area contributed by atoms with Crippen molar-refractivity contribution in [3.05, 3.63) is 81.0 Å². The van der Waals surface area contributed by atoms with Crippen LogP contribution in [0.2, 0.25) is 10.0 Å². The molecule has 0 aromatic heterocycles. The minimum Gasteiger partial charge on any atom is -0.462 e. The van der Waals surface area contributed by atoms with E-state index >= 15 is 0 Å². The van der Waals surface area contributed by atoms with Crippen molar-refractivity contribution >= 4 is 29.2 Å². The third kappa shape index (κ3) is 3.11. The van der Waals surface area contributed by atoms with E-state index in [1.807, 2.05) is 0 Å². The Morgan fingerprint density at radius 1 is 1.00 bits per heavy atom. The average molecular weight is 408 g/mol. The van der Waals surface area contributed by atoms with Crippen LogP contribution in [0.1, 0.15) is 25.0 Å². The minimum absolute atomic E-state index is 0.0656. The van der Waals surface area contributed by atoms with Gasteiger partial charge >= 0.3 is 5.97 Å². The largest absolute Gasteiger partial charge is 0.462 e. The molecule has 1 aliphatic rings. The Balaban J connectivity index is 2.24. The molecule has 0 unspecified atom stereocenters. The zero-order valence-corrected chi connectivity index (χ0v) is 16.3. The van der Waals surface area contributed by atoms with E-state index in [0.717, 1.165) is 0 Å². The lowest BCUT2D eigenvalue weighted by Crippen LogP contribution is -2.54. The highest BCUT2D eigenvalue weighted by molar-refractivity contribution is 6.30. The molecule has 3 N–H and O–H groups in total. The molecule has 27 heavy (non-hydrogen) atoms. The number of carbonyl (C=O) groups is 1. The number of carbonyl (C=O) groups excluding carboxylic acids is 1. The monoisotopic (exact) mass is 407 g/mol. The number of allylic oxidation sites excluding steroid dienone is 1. The van der Waals surface area contributed by atoms with Gasteiger partial charge in [-0.2, -0.15) is 0 Å². The second kappa shape index (κ2) is 7.17. The number of aliphatic hydroxyl groups is 2. The number of ether oxygens (including phenoxy) is 1. The fourth-order valence-electron chi connectivity index (χ4n) is 3.40. The maximum atomic E-state index is 12.6. The molecule has 0 spiro atoms. The standard InChI is InChI=1S/C20H19Cl2NO4/c1-3-27-18(24)17-12(2)23-20(26,14-6-10-16(22)11-7-14)19(17,25)13-4-8-15(21)9-5-13/h4-11,23,25-26H,3H2,1-2H3/t19-,20+/m1/s1. The van der Waals surface area contributed by atoms with Crippen LogP contribution in [0.3, 0.4) is 0 Å². The van der Waals surface area contributed by atoms with E-state index in [1.165, 1.54) is 0 Å². The molecular formula is C20H19Cl2NO4. The van der Waals surface area contributed by atoms with Gasteiger partial charge < -0.3 is 20.3 Å². The van der Waals surface area contributed by atoms with Crippen LogP contribution in [-0.2, 0) is 20.9 Å². The van der Waals surface area contributed by atoms with Crippen LogP contribution in [-0.4, -0.2) is 22.8 Å². The molecule has 2 aromatic carbocycles. The van der Waals surface area contributed by atoms with Crippen molar-refractivity contribution in [1.82, 2.24) is 5.32 Å². The van der Waals surface area contributed by atoms with Crippen LogP contribution >= 0.6 is 23.2 Å². The van der Waals surface area contributed by atoms with E-state index in [0.29, 0.717) is 21.3 Å². The molecule has 0 bridgehead atoms. The second-order valence-corrected chi connectivity index (χ2v) is 7.15. The summed E-state index contributed by atoms with van der Waals surface area (Å²) in [5, 5.41) is 27.1. The second-order valence-electron chi connectivity index (χ2n) is 6.28. The van der Waals surface area contributed by atoms with Crippen molar-refractivity contribution < 1.29 is 19.7 Å². The van der Waals surface area contributed by atoms with Gasteiger partial charge in [0.15, 0.2) is 5.60 Å². The first-order valence-electron chi connectivity index (χ1n) is 8.37. The number of hydrogen-bond acceptors (Lipinski definition) is 5. The summed E-state index contributed by atoms with van der Waals surface area (Å²) in [6, 6.07) is 12.6. The zero-order valence-electron chi connectivity index (χ0n) is 14.8. The Labute approximate surface area is 167 Å². The van der Waals surface area contributed by atoms with Gasteiger partial charge in [-0.3, -0.25) is 0 Å². The summed E-state index contributed by atoms with van der Waals surface area (Å²) in [4.78, 5) is 12.6. The highest BCUT2D eigenvalue weighted by atomic mass is 35.5. The van der Waals surface area contributed by atoms with Gasteiger partial charge in [0.1, 0.15) is 0 Å². The third-order valence-electron chi connectivity index (χ3n) is 4.63. The van der Waals surface area contributed by atoms with Gasteiger partial charge in [-0.1, -0.05) is 47.5 Å². The highest BCUT2D eigenvalue weighted by Gasteiger charge is 2.61. The summed E-state index contributed by atoms with van der Waals surface area (Å²) in [6.07, 6.45) is 0. The summed E-state index contributed by atoms with van der Waals surface area (Å²) >= 11 is 11.9. The van der Waals surface area contributed by atoms with Gasteiger partial charge in [-0.15, -0.1) is 0 Å². The Morgan fingerprint density at radius 3 is 1.96 bits per heavy atom. The number of hydrogen-bond donors (Lipinski definition) is 3. The van der Waals surface area contributed by atoms with Crippen molar-refractivity contribution in [2.24, 2.45) is 0 Å². The first-order chi connectivity index (χ1) is 12.7. The molecule has 3 rings (SSSR count). The van der Waals surface area contributed by atoms with Crippen LogP contribution < -0.4 is 5.32 Å². The molecule has 0 fully saturated rings. The molecule has 1 aliphatic heterocycles. The molecule has 0 amide bonds. The summed E-state index contributed by atoms with van der Waals surface area (Å²) in [5.74, 6) is -0.718.